The van der Waals surface area contributed by atoms with Gasteiger partial charge in [0.25, 0.3) is 5.91 Å². The number of benzene rings is 2. The molecule has 1 heterocycles. The Labute approximate surface area is 203 Å². The van der Waals surface area contributed by atoms with Crippen molar-refractivity contribution in [2.75, 3.05) is 11.9 Å². The summed E-state index contributed by atoms with van der Waals surface area (Å²) in [6.45, 7) is 0.340. The van der Waals surface area contributed by atoms with Gasteiger partial charge in [0.05, 0.1) is 21.7 Å². The lowest BCUT2D eigenvalue weighted by molar-refractivity contribution is 0.00456. The average Bonchev–Trinajstić information content (AvgIpc) is 3.29. The lowest BCUT2D eigenvalue weighted by atomic mass is 9.77. The molecule has 3 fully saturated rings. The van der Waals surface area contributed by atoms with Crippen molar-refractivity contribution in [1.82, 2.24) is 5.32 Å². The predicted molar refractivity (Wildman–Crippen MR) is 119 cm³/mol. The van der Waals surface area contributed by atoms with Crippen molar-refractivity contribution < 1.29 is 35.9 Å². The van der Waals surface area contributed by atoms with E-state index >= 15 is 0 Å². The molecule has 2 N–H and O–H groups in total. The second-order valence-corrected chi connectivity index (χ2v) is 11.8. The summed E-state index contributed by atoms with van der Waals surface area (Å²) in [4.78, 5) is 24.1. The van der Waals surface area contributed by atoms with Crippen LogP contribution in [0.3, 0.4) is 0 Å². The van der Waals surface area contributed by atoms with Gasteiger partial charge in [0, 0.05) is 23.4 Å². The zero-order valence-electron chi connectivity index (χ0n) is 18.1. The van der Waals surface area contributed by atoms with Crippen LogP contribution >= 0.6 is 11.6 Å². The Morgan fingerprint density at radius 1 is 1.09 bits per heavy atom. The molecule has 2 bridgehead atoms. The molecule has 1 saturated heterocycles. The SMILES string of the molecule is O=C1NC[C@]2(CC3CCC(C2)[C@@H]3S(=O)(=O)c2cc(C(=O)Nc3cc(F)c(F)c(F)c3)ccc2Cl)O1. The third kappa shape index (κ3) is 4.14. The number of hydrogen-bond donors (Lipinski definition) is 2. The molecule has 35 heavy (non-hydrogen) atoms. The van der Waals surface area contributed by atoms with Gasteiger partial charge in [0.1, 0.15) is 5.60 Å². The number of nitrogens with one attached hydrogen (secondary N) is 2. The summed E-state index contributed by atoms with van der Waals surface area (Å²) in [7, 11) is -3.98. The number of halogens is 4. The minimum atomic E-state index is -3.98. The number of sulfone groups is 1. The fourth-order valence-corrected chi connectivity index (χ4v) is 8.54. The van der Waals surface area contributed by atoms with Crippen LogP contribution in [0.2, 0.25) is 5.02 Å². The molecule has 2 saturated carbocycles. The quantitative estimate of drug-likeness (QED) is 0.571. The molecule has 2 aliphatic carbocycles. The molecular formula is C23H20ClF3N2O5S. The standard InChI is InChI=1S/C23H20ClF3N2O5S/c24-15-4-3-11(21(30)29-14-6-16(25)19(27)17(26)7-14)5-18(15)35(32,33)20-12-1-2-13(20)9-23(8-12)10-28-22(31)34-23/h3-7,12-13,20H,1-2,8-10H2,(H,28,31)(H,29,30)/t12?,13?,20-,23-. The van der Waals surface area contributed by atoms with Gasteiger partial charge in [-0.1, -0.05) is 11.6 Å². The highest BCUT2D eigenvalue weighted by atomic mass is 35.5. The highest BCUT2D eigenvalue weighted by molar-refractivity contribution is 7.92. The smallest absolute Gasteiger partial charge is 0.407 e. The van der Waals surface area contributed by atoms with Gasteiger partial charge in [0.15, 0.2) is 27.3 Å². The Morgan fingerprint density at radius 2 is 1.71 bits per heavy atom. The fraction of sp³-hybridized carbons (Fsp3) is 0.391. The van der Waals surface area contributed by atoms with E-state index in [1.807, 2.05) is 0 Å². The molecule has 2 atom stereocenters. The van der Waals surface area contributed by atoms with E-state index in [2.05, 4.69) is 10.6 Å². The summed E-state index contributed by atoms with van der Waals surface area (Å²) < 4.78 is 73.1. The third-order valence-corrected chi connectivity index (χ3v) is 9.95. The van der Waals surface area contributed by atoms with E-state index in [4.69, 9.17) is 16.3 Å². The molecule has 186 valence electrons. The van der Waals surface area contributed by atoms with E-state index in [-0.39, 0.29) is 33.0 Å². The number of amides is 2. The molecule has 0 aromatic heterocycles. The van der Waals surface area contributed by atoms with Crippen LogP contribution in [0.25, 0.3) is 0 Å². The molecule has 3 aliphatic rings. The number of alkyl carbamates (subject to hydrolysis) is 1. The van der Waals surface area contributed by atoms with E-state index in [0.29, 0.717) is 44.4 Å². The number of fused-ring (bicyclic) bond motifs is 2. The first-order valence-electron chi connectivity index (χ1n) is 11.0. The maximum Gasteiger partial charge on any atom is 0.407 e. The van der Waals surface area contributed by atoms with Crippen molar-refractivity contribution in [2.24, 2.45) is 11.8 Å². The van der Waals surface area contributed by atoms with E-state index in [9.17, 15) is 31.2 Å². The first-order chi connectivity index (χ1) is 16.5. The first kappa shape index (κ1) is 23.9. The highest BCUT2D eigenvalue weighted by Crippen LogP contribution is 2.53. The molecule has 2 aromatic rings. The van der Waals surface area contributed by atoms with Gasteiger partial charge in [0.2, 0.25) is 0 Å². The van der Waals surface area contributed by atoms with Crippen molar-refractivity contribution in [3.05, 3.63) is 58.4 Å². The summed E-state index contributed by atoms with van der Waals surface area (Å²) in [5.41, 5.74) is -1.15. The Kier molecular flexibility index (Phi) is 5.75. The van der Waals surface area contributed by atoms with Crippen LogP contribution in [0.5, 0.6) is 0 Å². The van der Waals surface area contributed by atoms with Gasteiger partial charge in [-0.05, 0) is 55.7 Å². The minimum Gasteiger partial charge on any atom is -0.441 e. The van der Waals surface area contributed by atoms with Crippen molar-refractivity contribution in [3.8, 4) is 0 Å². The van der Waals surface area contributed by atoms with E-state index in [1.165, 1.54) is 12.1 Å². The van der Waals surface area contributed by atoms with Gasteiger partial charge in [-0.2, -0.15) is 0 Å². The zero-order chi connectivity index (χ0) is 25.1. The van der Waals surface area contributed by atoms with Crippen molar-refractivity contribution in [1.29, 1.82) is 0 Å². The third-order valence-electron chi connectivity index (χ3n) is 7.07. The van der Waals surface area contributed by atoms with E-state index in [1.54, 1.807) is 0 Å². The largest absolute Gasteiger partial charge is 0.441 e. The molecule has 7 nitrogen and oxygen atoms in total. The molecule has 1 spiro atoms. The van der Waals surface area contributed by atoms with Crippen LogP contribution in [0.15, 0.2) is 35.2 Å². The first-order valence-corrected chi connectivity index (χ1v) is 12.9. The molecule has 2 aromatic carbocycles. The molecule has 12 heteroatoms. The van der Waals surface area contributed by atoms with E-state index in [0.717, 1.165) is 6.07 Å². The van der Waals surface area contributed by atoms with Crippen LogP contribution in [0, 0.1) is 29.3 Å². The summed E-state index contributed by atoms with van der Waals surface area (Å²) in [6.07, 6.45) is 1.63. The van der Waals surface area contributed by atoms with Gasteiger partial charge in [-0.15, -0.1) is 0 Å². The summed E-state index contributed by atoms with van der Waals surface area (Å²) in [6, 6.07) is 4.91. The van der Waals surface area contributed by atoms with Crippen LogP contribution in [-0.4, -0.2) is 37.8 Å². The second kappa shape index (κ2) is 8.41. The van der Waals surface area contributed by atoms with Crippen LogP contribution < -0.4 is 10.6 Å². The number of carbonyl (C=O) groups excluding carboxylic acids is 2. The van der Waals surface area contributed by atoms with Gasteiger partial charge < -0.3 is 15.4 Å². The monoisotopic (exact) mass is 528 g/mol. The molecule has 0 radical (unpaired) electrons. The number of ether oxygens (including phenoxy) is 1. The van der Waals surface area contributed by atoms with Crippen LogP contribution in [0.4, 0.5) is 23.7 Å². The molecular weight excluding hydrogens is 509 g/mol. The Bertz CT molecular complexity index is 1320. The predicted octanol–water partition coefficient (Wildman–Crippen LogP) is 4.45. The van der Waals surface area contributed by atoms with Crippen molar-refractivity contribution in [3.63, 3.8) is 0 Å². The molecule has 1 aliphatic heterocycles. The lowest BCUT2D eigenvalue weighted by Crippen LogP contribution is -2.48. The van der Waals surface area contributed by atoms with Crippen molar-refractivity contribution >= 4 is 39.1 Å². The summed E-state index contributed by atoms with van der Waals surface area (Å²) in [5.74, 6) is -5.97. The molecule has 5 rings (SSSR count). The van der Waals surface area contributed by atoms with Gasteiger partial charge in [-0.25, -0.2) is 26.4 Å². The van der Waals surface area contributed by atoms with Crippen LogP contribution in [-0.2, 0) is 14.6 Å². The summed E-state index contributed by atoms with van der Waals surface area (Å²) >= 11 is 6.25. The maximum absolute atomic E-state index is 13.7. The zero-order valence-corrected chi connectivity index (χ0v) is 19.7. The number of carbonyl (C=O) groups is 2. The average molecular weight is 529 g/mol. The Balaban J connectivity index is 1.41. The van der Waals surface area contributed by atoms with Crippen LogP contribution in [0.1, 0.15) is 36.0 Å². The minimum absolute atomic E-state index is 0.0610. The highest BCUT2D eigenvalue weighted by Gasteiger charge is 2.57. The topological polar surface area (TPSA) is 102 Å². The molecule has 2 unspecified atom stereocenters. The van der Waals surface area contributed by atoms with Crippen molar-refractivity contribution in [2.45, 2.75) is 41.4 Å². The number of hydrogen-bond acceptors (Lipinski definition) is 5. The van der Waals surface area contributed by atoms with Gasteiger partial charge in [-0.3, -0.25) is 4.79 Å². The molecule has 2 amide bonds. The normalized spacial score (nSPS) is 27.5. The maximum atomic E-state index is 13.7. The van der Waals surface area contributed by atoms with E-state index < -0.39 is 50.1 Å². The summed E-state index contributed by atoms with van der Waals surface area (Å²) in [5, 5.41) is 4.07. The fourth-order valence-electron chi connectivity index (χ4n) is 5.69. The Hall–Kier alpha value is -2.79. The number of rotatable bonds is 4. The second-order valence-electron chi connectivity index (χ2n) is 9.29. The lowest BCUT2D eigenvalue weighted by Gasteiger charge is -2.40. The Morgan fingerprint density at radius 3 is 2.29 bits per heavy atom. The van der Waals surface area contributed by atoms with Gasteiger partial charge >= 0.3 is 6.09 Å². The number of anilines is 1.